The molecule has 3 aliphatic carbocycles. The number of ketones is 1. The minimum atomic E-state index is -0.347. The summed E-state index contributed by atoms with van der Waals surface area (Å²) in [6.07, 6.45) is 4.70. The van der Waals surface area contributed by atoms with Gasteiger partial charge in [0.25, 0.3) is 0 Å². The van der Waals surface area contributed by atoms with Gasteiger partial charge in [-0.1, -0.05) is 75.4 Å². The van der Waals surface area contributed by atoms with Gasteiger partial charge in [0, 0.05) is 28.8 Å². The molecule has 152 valence electrons. The molecule has 6 rings (SSSR count). The summed E-state index contributed by atoms with van der Waals surface area (Å²) in [7, 11) is 0. The lowest BCUT2D eigenvalue weighted by atomic mass is 9.54. The summed E-state index contributed by atoms with van der Waals surface area (Å²) >= 11 is 0. The van der Waals surface area contributed by atoms with Gasteiger partial charge in [0.15, 0.2) is 5.78 Å². The Morgan fingerprint density at radius 3 is 2.33 bits per heavy atom. The van der Waals surface area contributed by atoms with Crippen LogP contribution in [0.4, 0.5) is 0 Å². The molecule has 0 saturated heterocycles. The fraction of sp³-hybridized carbons (Fsp3) is 0.357. The number of benzene rings is 2. The van der Waals surface area contributed by atoms with Crippen molar-refractivity contribution in [3.05, 3.63) is 101 Å². The lowest BCUT2D eigenvalue weighted by Crippen LogP contribution is -2.47. The monoisotopic (exact) mass is 395 g/mol. The van der Waals surface area contributed by atoms with Crippen LogP contribution >= 0.6 is 0 Å². The van der Waals surface area contributed by atoms with E-state index in [0.29, 0.717) is 5.78 Å². The number of hydrogen-bond acceptors (Lipinski definition) is 2. The van der Waals surface area contributed by atoms with Gasteiger partial charge in [-0.05, 0) is 59.4 Å². The molecule has 3 saturated carbocycles. The molecule has 0 radical (unpaired) electrons. The van der Waals surface area contributed by atoms with Crippen LogP contribution in [-0.4, -0.2) is 10.8 Å². The lowest BCUT2D eigenvalue weighted by Gasteiger charge is -2.48. The molecule has 1 aromatic heterocycles. The van der Waals surface area contributed by atoms with Crippen LogP contribution in [0, 0.1) is 5.41 Å². The summed E-state index contributed by atoms with van der Waals surface area (Å²) in [6, 6.07) is 25.2. The fourth-order valence-electron chi connectivity index (χ4n) is 5.95. The largest absolute Gasteiger partial charge is 0.294 e. The minimum Gasteiger partial charge on any atom is -0.294 e. The molecular formula is C28H29NO. The molecule has 3 aliphatic rings. The van der Waals surface area contributed by atoms with Crippen molar-refractivity contribution in [3.63, 3.8) is 0 Å². The Hall–Kier alpha value is -2.74. The maximum absolute atomic E-state index is 14.0. The zero-order chi connectivity index (χ0) is 21.0. The first-order chi connectivity index (χ1) is 14.3. The Labute approximate surface area is 179 Å². The van der Waals surface area contributed by atoms with Gasteiger partial charge in [-0.3, -0.25) is 9.78 Å². The molecular weight excluding hydrogens is 366 g/mol. The fourth-order valence-corrected chi connectivity index (χ4v) is 5.95. The van der Waals surface area contributed by atoms with E-state index in [4.69, 9.17) is 0 Å². The molecule has 30 heavy (non-hydrogen) atoms. The van der Waals surface area contributed by atoms with Crippen molar-refractivity contribution >= 4 is 5.78 Å². The van der Waals surface area contributed by atoms with Gasteiger partial charge in [0.2, 0.25) is 0 Å². The third-order valence-electron chi connectivity index (χ3n) is 7.44. The standard InChI is InChI=1S/C28H29NO/c1-26(2,3)22-13-9-10-20(16-22)25(30)28-18-27(19-28,21-11-5-4-6-12-21)17-23(28)24-14-7-8-15-29-24/h4-16,23H,17-19H2,1-3H3/t23-,27?,28?/m0/s1. The maximum atomic E-state index is 14.0. The van der Waals surface area contributed by atoms with E-state index in [-0.39, 0.29) is 22.2 Å². The van der Waals surface area contributed by atoms with Crippen LogP contribution in [0.3, 0.4) is 0 Å². The first-order valence-corrected chi connectivity index (χ1v) is 11.0. The number of pyridine rings is 1. The Balaban J connectivity index is 1.57. The topological polar surface area (TPSA) is 30.0 Å². The smallest absolute Gasteiger partial charge is 0.169 e. The van der Waals surface area contributed by atoms with Crippen molar-refractivity contribution in [3.8, 4) is 0 Å². The van der Waals surface area contributed by atoms with E-state index in [1.54, 1.807) is 0 Å². The van der Waals surface area contributed by atoms with Crippen LogP contribution in [0.2, 0.25) is 0 Å². The van der Waals surface area contributed by atoms with E-state index in [2.05, 4.69) is 74.3 Å². The maximum Gasteiger partial charge on any atom is 0.169 e. The van der Waals surface area contributed by atoms with Gasteiger partial charge < -0.3 is 0 Å². The highest BCUT2D eigenvalue weighted by molar-refractivity contribution is 6.03. The number of fused-ring (bicyclic) bond motifs is 1. The second kappa shape index (κ2) is 6.63. The molecule has 3 fully saturated rings. The summed E-state index contributed by atoms with van der Waals surface area (Å²) in [6.45, 7) is 6.60. The van der Waals surface area contributed by atoms with E-state index in [1.807, 2.05) is 30.5 Å². The summed E-state index contributed by atoms with van der Waals surface area (Å²) in [4.78, 5) is 18.7. The van der Waals surface area contributed by atoms with Crippen LogP contribution in [-0.2, 0) is 10.8 Å². The first-order valence-electron chi connectivity index (χ1n) is 11.0. The summed E-state index contributed by atoms with van der Waals surface area (Å²) in [5.41, 5.74) is 4.28. The molecule has 1 heterocycles. The van der Waals surface area contributed by atoms with E-state index in [9.17, 15) is 4.79 Å². The van der Waals surface area contributed by atoms with Crippen molar-refractivity contribution in [2.45, 2.75) is 56.8 Å². The van der Waals surface area contributed by atoms with Gasteiger partial charge in [0.05, 0.1) is 0 Å². The van der Waals surface area contributed by atoms with Crippen molar-refractivity contribution in [1.29, 1.82) is 0 Å². The molecule has 0 unspecified atom stereocenters. The van der Waals surface area contributed by atoms with Crippen molar-refractivity contribution in [1.82, 2.24) is 4.98 Å². The van der Waals surface area contributed by atoms with Crippen LogP contribution in [0.1, 0.15) is 73.1 Å². The number of aromatic nitrogens is 1. The molecule has 0 N–H and O–H groups in total. The van der Waals surface area contributed by atoms with Crippen molar-refractivity contribution in [2.24, 2.45) is 5.41 Å². The number of carbonyl (C=O) groups is 1. The molecule has 1 atom stereocenters. The molecule has 0 amide bonds. The molecule has 0 spiro atoms. The highest BCUT2D eigenvalue weighted by atomic mass is 16.1. The summed E-state index contributed by atoms with van der Waals surface area (Å²) < 4.78 is 0. The normalized spacial score (nSPS) is 27.5. The van der Waals surface area contributed by atoms with Crippen molar-refractivity contribution < 1.29 is 4.79 Å². The van der Waals surface area contributed by atoms with Crippen LogP contribution in [0.5, 0.6) is 0 Å². The number of hydrogen-bond donors (Lipinski definition) is 0. The Morgan fingerprint density at radius 1 is 0.933 bits per heavy atom. The number of rotatable bonds is 4. The molecule has 3 aromatic rings. The average Bonchev–Trinajstić information content (AvgIpc) is 3.27. The van der Waals surface area contributed by atoms with E-state index >= 15 is 0 Å². The van der Waals surface area contributed by atoms with Gasteiger partial charge >= 0.3 is 0 Å². The molecule has 2 bridgehead atoms. The molecule has 2 heteroatoms. The third-order valence-corrected chi connectivity index (χ3v) is 7.44. The van der Waals surface area contributed by atoms with Crippen LogP contribution in [0.15, 0.2) is 79.0 Å². The quantitative estimate of drug-likeness (QED) is 0.474. The van der Waals surface area contributed by atoms with Gasteiger partial charge in [-0.25, -0.2) is 0 Å². The predicted molar refractivity (Wildman–Crippen MR) is 121 cm³/mol. The number of Topliss-reactive ketones (excluding diaryl/α,β-unsaturated/α-hetero) is 1. The zero-order valence-corrected chi connectivity index (χ0v) is 18.1. The lowest BCUT2D eigenvalue weighted by molar-refractivity contribution is 0.0537. The first kappa shape index (κ1) is 19.2. The summed E-state index contributed by atoms with van der Waals surface area (Å²) in [5, 5.41) is 0. The predicted octanol–water partition coefficient (Wildman–Crippen LogP) is 6.47. The van der Waals surface area contributed by atoms with Gasteiger partial charge in [-0.15, -0.1) is 0 Å². The highest BCUT2D eigenvalue weighted by Gasteiger charge is 2.70. The van der Waals surface area contributed by atoms with E-state index in [1.165, 1.54) is 11.1 Å². The van der Waals surface area contributed by atoms with Gasteiger partial charge in [0.1, 0.15) is 0 Å². The number of nitrogens with zero attached hydrogens (tertiary/aromatic N) is 1. The highest BCUT2D eigenvalue weighted by Crippen LogP contribution is 2.73. The number of carbonyl (C=O) groups excluding carboxylic acids is 1. The molecule has 2 aromatic carbocycles. The second-order valence-electron chi connectivity index (χ2n) is 10.3. The molecule has 2 nitrogen and oxygen atoms in total. The Bertz CT molecular complexity index is 1070. The Kier molecular flexibility index (Phi) is 4.25. The average molecular weight is 396 g/mol. The van der Waals surface area contributed by atoms with Crippen molar-refractivity contribution in [2.75, 3.05) is 0 Å². The van der Waals surface area contributed by atoms with E-state index in [0.717, 1.165) is 30.5 Å². The van der Waals surface area contributed by atoms with E-state index < -0.39 is 0 Å². The SMILES string of the molecule is CC(C)(C)c1cccc(C(=O)C23CC(c4ccccc4)(C[C@H]2c2ccccn2)C3)c1. The Morgan fingerprint density at radius 2 is 1.67 bits per heavy atom. The minimum absolute atomic E-state index is 0.0252. The molecule has 0 aliphatic heterocycles. The zero-order valence-electron chi connectivity index (χ0n) is 18.1. The second-order valence-corrected chi connectivity index (χ2v) is 10.3. The van der Waals surface area contributed by atoms with Gasteiger partial charge in [-0.2, -0.15) is 0 Å². The van der Waals surface area contributed by atoms with Crippen LogP contribution < -0.4 is 0 Å². The third kappa shape index (κ3) is 2.85. The van der Waals surface area contributed by atoms with Crippen LogP contribution in [0.25, 0.3) is 0 Å². The summed E-state index contributed by atoms with van der Waals surface area (Å²) in [5.74, 6) is 0.470.